The fourth-order valence-electron chi connectivity index (χ4n) is 3.05. The van der Waals surface area contributed by atoms with Crippen LogP contribution < -0.4 is 5.32 Å². The van der Waals surface area contributed by atoms with Crippen molar-refractivity contribution in [2.75, 3.05) is 0 Å². The Bertz CT molecular complexity index is 543. The van der Waals surface area contributed by atoms with Gasteiger partial charge in [0.25, 0.3) is 0 Å². The maximum Gasteiger partial charge on any atom is 0.0532 e. The maximum atomic E-state index is 4.00. The Morgan fingerprint density at radius 1 is 1.37 bits per heavy atom. The van der Waals surface area contributed by atoms with Crippen molar-refractivity contribution in [3.05, 3.63) is 53.3 Å². The summed E-state index contributed by atoms with van der Waals surface area (Å²) in [7, 11) is 0. The molecule has 1 aliphatic carbocycles. The summed E-state index contributed by atoms with van der Waals surface area (Å²) in [5.74, 6) is 0. The summed E-state index contributed by atoms with van der Waals surface area (Å²) in [6, 6.07) is 9.23. The molecule has 0 bridgehead atoms. The van der Waals surface area contributed by atoms with E-state index in [1.165, 1.54) is 29.5 Å². The van der Waals surface area contributed by atoms with Crippen molar-refractivity contribution in [2.45, 2.75) is 39.3 Å². The van der Waals surface area contributed by atoms with Gasteiger partial charge in [-0.25, -0.2) is 0 Å². The maximum absolute atomic E-state index is 4.00. The van der Waals surface area contributed by atoms with Crippen LogP contribution in [0.15, 0.2) is 36.7 Å². The van der Waals surface area contributed by atoms with Crippen molar-refractivity contribution >= 4 is 0 Å². The lowest BCUT2D eigenvalue weighted by Crippen LogP contribution is -2.37. The Hall–Kier alpha value is -1.61. The number of aromatic amines is 1. The second-order valence-corrected chi connectivity index (χ2v) is 6.11. The van der Waals surface area contributed by atoms with Crippen molar-refractivity contribution in [3.63, 3.8) is 0 Å². The van der Waals surface area contributed by atoms with Gasteiger partial charge in [0, 0.05) is 24.3 Å². The van der Waals surface area contributed by atoms with Gasteiger partial charge in [0.15, 0.2) is 0 Å². The van der Waals surface area contributed by atoms with Crippen LogP contribution in [0, 0.1) is 5.41 Å². The smallest absolute Gasteiger partial charge is 0.0532 e. The largest absolute Gasteiger partial charge is 0.305 e. The quantitative estimate of drug-likeness (QED) is 0.884. The Morgan fingerprint density at radius 3 is 3.00 bits per heavy atom. The molecule has 0 aliphatic heterocycles. The number of H-pyrrole nitrogens is 1. The summed E-state index contributed by atoms with van der Waals surface area (Å²) < 4.78 is 0. The molecular formula is C16H21N3. The summed E-state index contributed by atoms with van der Waals surface area (Å²) in [6.45, 7) is 5.57. The van der Waals surface area contributed by atoms with Gasteiger partial charge in [-0.15, -0.1) is 0 Å². The van der Waals surface area contributed by atoms with Gasteiger partial charge in [0.05, 0.1) is 6.20 Å². The molecule has 3 nitrogen and oxygen atoms in total. The molecule has 0 amide bonds. The van der Waals surface area contributed by atoms with Crippen molar-refractivity contribution in [1.29, 1.82) is 0 Å². The molecule has 3 rings (SSSR count). The third-order valence-electron chi connectivity index (χ3n) is 4.25. The standard InChI is InChI=1S/C16H21N3/c1-16(2)8-7-13-5-3-4-6-14(13)15(16)17-9-12-10-18-19-11-12/h3-6,10-11,15,17H,7-9H2,1-2H3,(H,18,19). The number of nitrogens with zero attached hydrogens (tertiary/aromatic N) is 1. The molecule has 19 heavy (non-hydrogen) atoms. The van der Waals surface area contributed by atoms with E-state index in [4.69, 9.17) is 0 Å². The van der Waals surface area contributed by atoms with E-state index in [0.29, 0.717) is 6.04 Å². The van der Waals surface area contributed by atoms with Crippen molar-refractivity contribution < 1.29 is 0 Å². The average molecular weight is 255 g/mol. The predicted octanol–water partition coefficient (Wildman–Crippen LogP) is 3.21. The molecule has 3 heteroatoms. The third-order valence-corrected chi connectivity index (χ3v) is 4.25. The van der Waals surface area contributed by atoms with Gasteiger partial charge in [-0.1, -0.05) is 38.1 Å². The molecular weight excluding hydrogens is 234 g/mol. The Labute approximate surface area is 114 Å². The topological polar surface area (TPSA) is 40.7 Å². The van der Waals surface area contributed by atoms with Crippen LogP contribution in [0.2, 0.25) is 0 Å². The summed E-state index contributed by atoms with van der Waals surface area (Å²) in [5.41, 5.74) is 4.45. The molecule has 2 aromatic rings. The summed E-state index contributed by atoms with van der Waals surface area (Å²) in [6.07, 6.45) is 6.25. The first-order chi connectivity index (χ1) is 9.17. The molecule has 0 radical (unpaired) electrons. The van der Waals surface area contributed by atoms with Crippen LogP contribution in [0.4, 0.5) is 0 Å². The first-order valence-electron chi connectivity index (χ1n) is 6.96. The number of benzene rings is 1. The lowest BCUT2D eigenvalue weighted by Gasteiger charge is -2.40. The van der Waals surface area contributed by atoms with Gasteiger partial charge in [0.2, 0.25) is 0 Å². The molecule has 0 saturated carbocycles. The number of fused-ring (bicyclic) bond motifs is 1. The van der Waals surface area contributed by atoms with Crippen molar-refractivity contribution in [2.24, 2.45) is 5.41 Å². The van der Waals surface area contributed by atoms with E-state index in [1.54, 1.807) is 0 Å². The van der Waals surface area contributed by atoms with E-state index in [-0.39, 0.29) is 5.41 Å². The summed E-state index contributed by atoms with van der Waals surface area (Å²) in [4.78, 5) is 0. The molecule has 0 fully saturated rings. The second-order valence-electron chi connectivity index (χ2n) is 6.11. The Kier molecular flexibility index (Phi) is 3.15. The zero-order valence-corrected chi connectivity index (χ0v) is 11.6. The van der Waals surface area contributed by atoms with E-state index < -0.39 is 0 Å². The molecule has 2 N–H and O–H groups in total. The van der Waals surface area contributed by atoms with Crippen LogP contribution in [0.3, 0.4) is 0 Å². The highest BCUT2D eigenvalue weighted by molar-refractivity contribution is 5.34. The van der Waals surface area contributed by atoms with Crippen LogP contribution in [0.25, 0.3) is 0 Å². The van der Waals surface area contributed by atoms with E-state index >= 15 is 0 Å². The highest BCUT2D eigenvalue weighted by Gasteiger charge is 2.35. The Balaban J connectivity index is 1.84. The minimum atomic E-state index is 0.290. The van der Waals surface area contributed by atoms with Gasteiger partial charge in [-0.2, -0.15) is 5.10 Å². The van der Waals surface area contributed by atoms with Crippen molar-refractivity contribution in [1.82, 2.24) is 15.5 Å². The molecule has 1 atom stereocenters. The molecule has 0 saturated heterocycles. The lowest BCUT2D eigenvalue weighted by molar-refractivity contribution is 0.208. The number of nitrogens with one attached hydrogen (secondary N) is 2. The molecule has 0 spiro atoms. The number of hydrogen-bond acceptors (Lipinski definition) is 2. The van der Waals surface area contributed by atoms with Crippen LogP contribution >= 0.6 is 0 Å². The highest BCUT2D eigenvalue weighted by Crippen LogP contribution is 2.43. The van der Waals surface area contributed by atoms with Crippen LogP contribution in [-0.2, 0) is 13.0 Å². The number of aryl methyl sites for hydroxylation is 1. The molecule has 1 aromatic carbocycles. The average Bonchev–Trinajstić information content (AvgIpc) is 2.90. The zero-order chi connectivity index (χ0) is 13.3. The predicted molar refractivity (Wildman–Crippen MR) is 76.7 cm³/mol. The molecule has 1 heterocycles. The minimum Gasteiger partial charge on any atom is -0.305 e. The molecule has 1 unspecified atom stereocenters. The third kappa shape index (κ3) is 2.43. The normalized spacial score (nSPS) is 21.1. The van der Waals surface area contributed by atoms with E-state index in [2.05, 4.69) is 53.6 Å². The monoisotopic (exact) mass is 255 g/mol. The van der Waals surface area contributed by atoms with E-state index in [1.807, 2.05) is 12.4 Å². The molecule has 1 aliphatic rings. The lowest BCUT2D eigenvalue weighted by atomic mass is 9.70. The first-order valence-corrected chi connectivity index (χ1v) is 6.96. The minimum absolute atomic E-state index is 0.290. The number of hydrogen-bond donors (Lipinski definition) is 2. The van der Waals surface area contributed by atoms with Gasteiger partial charge < -0.3 is 5.32 Å². The fourth-order valence-corrected chi connectivity index (χ4v) is 3.05. The summed E-state index contributed by atoms with van der Waals surface area (Å²) in [5, 5.41) is 10.6. The first kappa shape index (κ1) is 12.4. The Morgan fingerprint density at radius 2 is 2.21 bits per heavy atom. The van der Waals surface area contributed by atoms with Gasteiger partial charge in [-0.3, -0.25) is 5.10 Å². The van der Waals surface area contributed by atoms with Crippen LogP contribution in [0.1, 0.15) is 43.0 Å². The van der Waals surface area contributed by atoms with E-state index in [9.17, 15) is 0 Å². The highest BCUT2D eigenvalue weighted by atomic mass is 15.1. The number of aromatic nitrogens is 2. The molecule has 1 aromatic heterocycles. The van der Waals surface area contributed by atoms with Crippen molar-refractivity contribution in [3.8, 4) is 0 Å². The fraction of sp³-hybridized carbons (Fsp3) is 0.438. The van der Waals surface area contributed by atoms with Crippen LogP contribution in [-0.4, -0.2) is 10.2 Å². The van der Waals surface area contributed by atoms with E-state index in [0.717, 1.165) is 6.54 Å². The second kappa shape index (κ2) is 4.82. The van der Waals surface area contributed by atoms with Gasteiger partial charge >= 0.3 is 0 Å². The summed E-state index contributed by atoms with van der Waals surface area (Å²) >= 11 is 0. The van der Waals surface area contributed by atoms with Gasteiger partial charge in [0.1, 0.15) is 0 Å². The van der Waals surface area contributed by atoms with Crippen LogP contribution in [0.5, 0.6) is 0 Å². The van der Waals surface area contributed by atoms with Gasteiger partial charge in [-0.05, 0) is 29.4 Å². The SMILES string of the molecule is CC1(C)CCc2ccccc2C1NCc1cn[nH]c1. The molecule has 100 valence electrons. The number of rotatable bonds is 3. The zero-order valence-electron chi connectivity index (χ0n) is 11.6.